The molecular weight excluding hydrogens is 250 g/mol. The highest BCUT2D eigenvalue weighted by atomic mass is 16.2. The third kappa shape index (κ3) is 4.94. The van der Waals surface area contributed by atoms with Crippen molar-refractivity contribution in [1.29, 1.82) is 0 Å². The molecule has 0 heterocycles. The predicted octanol–water partition coefficient (Wildman–Crippen LogP) is 1.79. The van der Waals surface area contributed by atoms with Crippen LogP contribution in [-0.2, 0) is 4.79 Å². The van der Waals surface area contributed by atoms with E-state index in [4.69, 9.17) is 0 Å². The highest BCUT2D eigenvalue weighted by molar-refractivity contribution is 5.83. The van der Waals surface area contributed by atoms with Crippen molar-refractivity contribution in [2.24, 2.45) is 0 Å². The molecule has 1 aromatic rings. The van der Waals surface area contributed by atoms with Crippen molar-refractivity contribution in [2.75, 3.05) is 26.7 Å². The van der Waals surface area contributed by atoms with Crippen molar-refractivity contribution in [3.05, 3.63) is 35.9 Å². The number of hydrogen-bond acceptors (Lipinski definition) is 3. The van der Waals surface area contributed by atoms with Gasteiger partial charge in [0.25, 0.3) is 0 Å². The minimum absolute atomic E-state index is 0.0605. The van der Waals surface area contributed by atoms with Crippen molar-refractivity contribution in [3.63, 3.8) is 0 Å². The number of carbonyl (C=O) groups is 1. The molecule has 0 aromatic heterocycles. The molecule has 2 N–H and O–H groups in total. The maximum absolute atomic E-state index is 12.5. The Morgan fingerprint density at radius 2 is 1.90 bits per heavy atom. The van der Waals surface area contributed by atoms with Gasteiger partial charge in [0.15, 0.2) is 0 Å². The van der Waals surface area contributed by atoms with Gasteiger partial charge in [0, 0.05) is 12.6 Å². The molecule has 0 saturated heterocycles. The lowest BCUT2D eigenvalue weighted by Gasteiger charge is -2.27. The van der Waals surface area contributed by atoms with Gasteiger partial charge in [-0.05, 0) is 32.6 Å². The van der Waals surface area contributed by atoms with Crippen molar-refractivity contribution in [2.45, 2.75) is 32.9 Å². The summed E-state index contributed by atoms with van der Waals surface area (Å²) in [5.41, 5.74) is 1.03. The zero-order valence-corrected chi connectivity index (χ0v) is 13.0. The van der Waals surface area contributed by atoms with Crippen molar-refractivity contribution in [1.82, 2.24) is 15.5 Å². The standard InChI is InChI=1S/C16H27N3O/c1-5-17-13(3)12-18-16(20)15(19(4)6-2)14-10-8-7-9-11-14/h7-11,13,15,17H,5-6,12H2,1-4H3,(H,18,20)/t13-,15?/m1/s1. The van der Waals surface area contributed by atoms with Crippen LogP contribution in [0.25, 0.3) is 0 Å². The molecule has 0 aliphatic rings. The number of nitrogens with zero attached hydrogens (tertiary/aromatic N) is 1. The molecule has 1 amide bonds. The van der Waals surface area contributed by atoms with Gasteiger partial charge in [0.05, 0.1) is 0 Å². The molecular formula is C16H27N3O. The lowest BCUT2D eigenvalue weighted by molar-refractivity contribution is -0.126. The van der Waals surface area contributed by atoms with Crippen LogP contribution < -0.4 is 10.6 Å². The first kappa shape index (κ1) is 16.7. The molecule has 0 aliphatic heterocycles. The summed E-state index contributed by atoms with van der Waals surface area (Å²) in [7, 11) is 1.98. The van der Waals surface area contributed by atoms with E-state index in [9.17, 15) is 4.79 Å². The average molecular weight is 277 g/mol. The molecule has 0 spiro atoms. The monoisotopic (exact) mass is 277 g/mol. The lowest BCUT2D eigenvalue weighted by atomic mass is 10.0. The van der Waals surface area contributed by atoms with E-state index in [0.29, 0.717) is 6.54 Å². The number of benzene rings is 1. The minimum Gasteiger partial charge on any atom is -0.353 e. The highest BCUT2D eigenvalue weighted by Gasteiger charge is 2.23. The maximum atomic E-state index is 12.5. The molecule has 4 heteroatoms. The molecule has 0 fully saturated rings. The summed E-state index contributed by atoms with van der Waals surface area (Å²) in [6, 6.07) is 9.98. The molecule has 112 valence electrons. The van der Waals surface area contributed by atoms with Crippen LogP contribution in [0.5, 0.6) is 0 Å². The van der Waals surface area contributed by atoms with Gasteiger partial charge in [0.1, 0.15) is 6.04 Å². The van der Waals surface area contributed by atoms with Gasteiger partial charge >= 0.3 is 0 Å². The number of rotatable bonds is 8. The number of hydrogen-bond donors (Lipinski definition) is 2. The van der Waals surface area contributed by atoms with E-state index in [1.807, 2.05) is 37.4 Å². The quantitative estimate of drug-likeness (QED) is 0.761. The van der Waals surface area contributed by atoms with E-state index < -0.39 is 0 Å². The summed E-state index contributed by atoms with van der Waals surface area (Å²) in [6.45, 7) is 8.59. The van der Waals surface area contributed by atoms with Crippen LogP contribution in [0.4, 0.5) is 0 Å². The molecule has 1 unspecified atom stereocenters. The van der Waals surface area contributed by atoms with Crippen molar-refractivity contribution >= 4 is 5.91 Å². The minimum atomic E-state index is -0.227. The fraction of sp³-hybridized carbons (Fsp3) is 0.562. The third-order valence-electron chi connectivity index (χ3n) is 3.44. The Kier molecular flexibility index (Phi) is 7.26. The molecule has 1 aromatic carbocycles. The Hall–Kier alpha value is -1.39. The van der Waals surface area contributed by atoms with Gasteiger partial charge in [-0.15, -0.1) is 0 Å². The van der Waals surface area contributed by atoms with Crippen LogP contribution in [0.3, 0.4) is 0 Å². The fourth-order valence-electron chi connectivity index (χ4n) is 2.19. The zero-order chi connectivity index (χ0) is 15.0. The summed E-state index contributed by atoms with van der Waals surface area (Å²) in [5.74, 6) is 0.0605. The second-order valence-electron chi connectivity index (χ2n) is 5.09. The molecule has 0 radical (unpaired) electrons. The van der Waals surface area contributed by atoms with Crippen LogP contribution in [0.2, 0.25) is 0 Å². The molecule has 0 aliphatic carbocycles. The Balaban J connectivity index is 2.71. The summed E-state index contributed by atoms with van der Waals surface area (Å²) in [5, 5.41) is 6.33. The summed E-state index contributed by atoms with van der Waals surface area (Å²) < 4.78 is 0. The molecule has 4 nitrogen and oxygen atoms in total. The van der Waals surface area contributed by atoms with Gasteiger partial charge in [0.2, 0.25) is 5.91 Å². The molecule has 0 saturated carbocycles. The molecule has 2 atom stereocenters. The highest BCUT2D eigenvalue weighted by Crippen LogP contribution is 2.19. The Morgan fingerprint density at radius 1 is 1.25 bits per heavy atom. The van der Waals surface area contributed by atoms with Gasteiger partial charge in [-0.25, -0.2) is 0 Å². The van der Waals surface area contributed by atoms with E-state index in [1.165, 1.54) is 0 Å². The number of likely N-dealkylation sites (N-methyl/N-ethyl adjacent to an activating group) is 2. The maximum Gasteiger partial charge on any atom is 0.242 e. The third-order valence-corrected chi connectivity index (χ3v) is 3.44. The molecule has 1 rings (SSSR count). The van der Waals surface area contributed by atoms with Crippen molar-refractivity contribution < 1.29 is 4.79 Å². The summed E-state index contributed by atoms with van der Waals surface area (Å²) in [4.78, 5) is 14.5. The van der Waals surface area contributed by atoms with Crippen LogP contribution >= 0.6 is 0 Å². The van der Waals surface area contributed by atoms with Crippen LogP contribution in [0, 0.1) is 0 Å². The SMILES string of the molecule is CCN[C@H](C)CNC(=O)C(c1ccccc1)N(C)CC. The predicted molar refractivity (Wildman–Crippen MR) is 83.6 cm³/mol. The summed E-state index contributed by atoms with van der Waals surface area (Å²) in [6.07, 6.45) is 0. The van der Waals surface area contributed by atoms with Gasteiger partial charge in [-0.1, -0.05) is 44.2 Å². The number of carbonyl (C=O) groups excluding carboxylic acids is 1. The van der Waals surface area contributed by atoms with E-state index in [0.717, 1.165) is 18.7 Å². The topological polar surface area (TPSA) is 44.4 Å². The Bertz CT molecular complexity index is 394. The normalized spacial score (nSPS) is 14.1. The van der Waals surface area contributed by atoms with E-state index in [1.54, 1.807) is 0 Å². The first-order valence-corrected chi connectivity index (χ1v) is 7.36. The first-order valence-electron chi connectivity index (χ1n) is 7.36. The van der Waals surface area contributed by atoms with Crippen LogP contribution in [0.15, 0.2) is 30.3 Å². The van der Waals surface area contributed by atoms with E-state index >= 15 is 0 Å². The first-order chi connectivity index (χ1) is 9.60. The number of amides is 1. The largest absolute Gasteiger partial charge is 0.353 e. The van der Waals surface area contributed by atoms with Gasteiger partial charge in [-0.3, -0.25) is 9.69 Å². The van der Waals surface area contributed by atoms with Gasteiger partial charge < -0.3 is 10.6 Å². The van der Waals surface area contributed by atoms with Gasteiger partial charge in [-0.2, -0.15) is 0 Å². The molecule has 0 bridgehead atoms. The summed E-state index contributed by atoms with van der Waals surface area (Å²) >= 11 is 0. The second-order valence-corrected chi connectivity index (χ2v) is 5.09. The van der Waals surface area contributed by atoms with E-state index in [-0.39, 0.29) is 18.0 Å². The average Bonchev–Trinajstić information content (AvgIpc) is 2.46. The zero-order valence-electron chi connectivity index (χ0n) is 13.0. The van der Waals surface area contributed by atoms with Crippen LogP contribution in [0.1, 0.15) is 32.4 Å². The van der Waals surface area contributed by atoms with Crippen LogP contribution in [-0.4, -0.2) is 43.5 Å². The molecule has 20 heavy (non-hydrogen) atoms. The Labute approximate surface area is 122 Å². The van der Waals surface area contributed by atoms with E-state index in [2.05, 4.69) is 36.3 Å². The smallest absolute Gasteiger partial charge is 0.242 e. The Morgan fingerprint density at radius 3 is 2.45 bits per heavy atom. The number of nitrogens with one attached hydrogen (secondary N) is 2. The fourth-order valence-corrected chi connectivity index (χ4v) is 2.19. The second kappa shape index (κ2) is 8.72. The van der Waals surface area contributed by atoms with Crippen molar-refractivity contribution in [3.8, 4) is 0 Å². The lowest BCUT2D eigenvalue weighted by Crippen LogP contribution is -2.44.